The van der Waals surface area contributed by atoms with Gasteiger partial charge in [-0.05, 0) is 55.3 Å². The zero-order valence-corrected chi connectivity index (χ0v) is 12.6. The second kappa shape index (κ2) is 4.85. The van der Waals surface area contributed by atoms with Crippen molar-refractivity contribution in [2.75, 3.05) is 6.61 Å². The normalized spacial score (nSPS) is 40.7. The minimum atomic E-state index is -5.84. The van der Waals surface area contributed by atoms with Gasteiger partial charge in [-0.15, -0.1) is 0 Å². The van der Waals surface area contributed by atoms with Gasteiger partial charge >= 0.3 is 21.3 Å². The Labute approximate surface area is 126 Å². The van der Waals surface area contributed by atoms with Crippen LogP contribution in [0.3, 0.4) is 0 Å². The largest absolute Gasteiger partial charge is 0.465 e. The fraction of sp³-hybridized carbons (Fsp3) is 0.923. The molecule has 0 aliphatic heterocycles. The van der Waals surface area contributed by atoms with Crippen molar-refractivity contribution in [3.8, 4) is 0 Å². The minimum Gasteiger partial charge on any atom is -0.456 e. The highest BCUT2D eigenvalue weighted by Gasteiger charge is 2.60. The predicted octanol–water partition coefficient (Wildman–Crippen LogP) is 1.20. The van der Waals surface area contributed by atoms with E-state index in [1.807, 2.05) is 0 Å². The fourth-order valence-corrected chi connectivity index (χ4v) is 5.09. The van der Waals surface area contributed by atoms with E-state index in [1.165, 1.54) is 0 Å². The van der Waals surface area contributed by atoms with Crippen molar-refractivity contribution < 1.29 is 36.4 Å². The summed E-state index contributed by atoms with van der Waals surface area (Å²) in [6.07, 6.45) is 2.77. The number of carbonyl (C=O) groups is 1. The van der Waals surface area contributed by atoms with Crippen molar-refractivity contribution in [1.29, 1.82) is 0 Å². The summed E-state index contributed by atoms with van der Waals surface area (Å²) >= 11 is 0. The maximum atomic E-state index is 13.3. The van der Waals surface area contributed by atoms with Crippen molar-refractivity contribution in [3.63, 3.8) is 0 Å². The molecule has 4 saturated carbocycles. The highest BCUT2D eigenvalue weighted by atomic mass is 32.2. The minimum absolute atomic E-state index is 0.0261. The third-order valence-electron chi connectivity index (χ3n) is 5.45. The van der Waals surface area contributed by atoms with Gasteiger partial charge < -0.3 is 9.84 Å². The maximum Gasteiger partial charge on any atom is 0.465 e. The Morgan fingerprint density at radius 1 is 1.23 bits per heavy atom. The second-order valence-corrected chi connectivity index (χ2v) is 8.45. The molecule has 0 radical (unpaired) electrons. The van der Waals surface area contributed by atoms with Crippen LogP contribution in [-0.4, -0.2) is 42.0 Å². The van der Waals surface area contributed by atoms with Crippen LogP contribution in [0.15, 0.2) is 0 Å². The third-order valence-corrected chi connectivity index (χ3v) is 6.27. The molecule has 6 nitrogen and oxygen atoms in total. The third kappa shape index (κ3) is 2.33. The number of halogens is 2. The van der Waals surface area contributed by atoms with Crippen LogP contribution >= 0.6 is 0 Å². The van der Waals surface area contributed by atoms with Gasteiger partial charge in [-0.25, -0.2) is 4.79 Å². The van der Waals surface area contributed by atoms with Gasteiger partial charge in [0.2, 0.25) is 0 Å². The summed E-state index contributed by atoms with van der Waals surface area (Å²) in [5.41, 5.74) is -0.217. The highest BCUT2D eigenvalue weighted by Crippen LogP contribution is 2.60. The first-order valence-corrected chi connectivity index (χ1v) is 8.69. The molecule has 4 rings (SSSR count). The topological polar surface area (TPSA) is 101 Å². The molecule has 2 N–H and O–H groups in total. The molecular weight excluding hydrogens is 322 g/mol. The summed E-state index contributed by atoms with van der Waals surface area (Å²) in [7, 11) is -5.84. The van der Waals surface area contributed by atoms with E-state index in [-0.39, 0.29) is 23.9 Å². The summed E-state index contributed by atoms with van der Waals surface area (Å²) in [4.78, 5) is 11.5. The van der Waals surface area contributed by atoms with E-state index in [1.54, 1.807) is 0 Å². The number of aliphatic hydroxyl groups excluding tert-OH is 1. The van der Waals surface area contributed by atoms with E-state index in [4.69, 9.17) is 9.29 Å². The van der Waals surface area contributed by atoms with Crippen molar-refractivity contribution in [2.45, 2.75) is 43.5 Å². The van der Waals surface area contributed by atoms with Gasteiger partial charge in [0.1, 0.15) is 6.10 Å². The van der Waals surface area contributed by atoms with Crippen molar-refractivity contribution in [3.05, 3.63) is 0 Å². The molecule has 0 aromatic heterocycles. The van der Waals surface area contributed by atoms with Gasteiger partial charge in [-0.3, -0.25) is 4.55 Å². The Bertz CT molecular complexity index is 573. The molecule has 126 valence electrons. The average molecular weight is 340 g/mol. The molecule has 0 spiro atoms. The lowest BCUT2D eigenvalue weighted by Crippen LogP contribution is -2.57. The Balaban J connectivity index is 1.77. The molecule has 0 saturated heterocycles. The highest BCUT2D eigenvalue weighted by molar-refractivity contribution is 7.87. The van der Waals surface area contributed by atoms with E-state index < -0.39 is 27.4 Å². The Morgan fingerprint density at radius 2 is 1.77 bits per heavy atom. The first kappa shape index (κ1) is 16.1. The number of hydrogen-bond acceptors (Lipinski definition) is 5. The van der Waals surface area contributed by atoms with Crippen LogP contribution in [0.1, 0.15) is 32.1 Å². The number of aliphatic hydroxyl groups is 1. The number of carbonyl (C=O) groups excluding carboxylic acids is 1. The molecule has 0 aromatic carbocycles. The molecule has 2 atom stereocenters. The summed E-state index contributed by atoms with van der Waals surface area (Å²) in [5.74, 6) is -2.11. The number of ether oxygens (including phenoxy) is 1. The van der Waals surface area contributed by atoms with Crippen LogP contribution in [0.5, 0.6) is 0 Å². The molecule has 0 heterocycles. The molecule has 4 bridgehead atoms. The number of rotatable bonds is 4. The summed E-state index contributed by atoms with van der Waals surface area (Å²) < 4.78 is 61.1. The van der Waals surface area contributed by atoms with Gasteiger partial charge in [0.25, 0.3) is 0 Å². The van der Waals surface area contributed by atoms with E-state index in [2.05, 4.69) is 0 Å². The van der Waals surface area contributed by atoms with Gasteiger partial charge in [-0.2, -0.15) is 17.2 Å². The van der Waals surface area contributed by atoms with Gasteiger partial charge in [0.05, 0.1) is 0 Å². The van der Waals surface area contributed by atoms with Crippen LogP contribution < -0.4 is 0 Å². The van der Waals surface area contributed by atoms with Crippen LogP contribution in [-0.2, 0) is 19.6 Å². The molecule has 0 aromatic rings. The molecule has 4 aliphatic rings. The lowest BCUT2D eigenvalue weighted by Gasteiger charge is -2.58. The summed E-state index contributed by atoms with van der Waals surface area (Å²) in [5, 5.41) is 4.65. The number of hydrogen-bond donors (Lipinski definition) is 2. The monoisotopic (exact) mass is 340 g/mol. The summed E-state index contributed by atoms with van der Waals surface area (Å²) in [6.45, 7) is 0.0261. The average Bonchev–Trinajstić information content (AvgIpc) is 2.40. The predicted molar refractivity (Wildman–Crippen MR) is 69.4 cm³/mol. The smallest absolute Gasteiger partial charge is 0.456 e. The van der Waals surface area contributed by atoms with E-state index >= 15 is 0 Å². The van der Waals surface area contributed by atoms with Crippen LogP contribution in [0.25, 0.3) is 0 Å². The van der Waals surface area contributed by atoms with Crippen LogP contribution in [0, 0.1) is 23.2 Å². The number of alkyl halides is 2. The molecular formula is C13H18F2O6S. The second-order valence-electron chi connectivity index (χ2n) is 6.99. The van der Waals surface area contributed by atoms with Gasteiger partial charge in [0, 0.05) is 6.61 Å². The number of esters is 1. The Kier molecular flexibility index (Phi) is 3.54. The fourth-order valence-electron chi connectivity index (χ4n) is 4.83. The van der Waals surface area contributed by atoms with E-state index in [0.29, 0.717) is 18.8 Å². The molecule has 4 fully saturated rings. The Morgan fingerprint density at radius 3 is 2.23 bits per heavy atom. The van der Waals surface area contributed by atoms with E-state index in [0.717, 1.165) is 19.3 Å². The van der Waals surface area contributed by atoms with E-state index in [9.17, 15) is 27.1 Å². The van der Waals surface area contributed by atoms with Gasteiger partial charge in [0.15, 0.2) is 0 Å². The zero-order chi connectivity index (χ0) is 16.3. The van der Waals surface area contributed by atoms with Gasteiger partial charge in [-0.1, -0.05) is 0 Å². The lowest BCUT2D eigenvalue weighted by atomic mass is 9.49. The van der Waals surface area contributed by atoms with Crippen LogP contribution in [0.2, 0.25) is 0 Å². The van der Waals surface area contributed by atoms with Crippen molar-refractivity contribution in [1.82, 2.24) is 0 Å². The quantitative estimate of drug-likeness (QED) is 0.589. The first-order valence-electron chi connectivity index (χ1n) is 7.25. The molecule has 4 aliphatic carbocycles. The molecule has 2 unspecified atom stereocenters. The molecule has 22 heavy (non-hydrogen) atoms. The summed E-state index contributed by atoms with van der Waals surface area (Å²) in [6, 6.07) is 0. The SMILES string of the molecule is O=C(OC1C2CC3CC1CC(CO)(C3)C2)C(F)(F)S(=O)(=O)O. The van der Waals surface area contributed by atoms with Crippen LogP contribution in [0.4, 0.5) is 8.78 Å². The molecule has 0 amide bonds. The first-order chi connectivity index (χ1) is 10.1. The lowest BCUT2D eigenvalue weighted by molar-refractivity contribution is -0.198. The maximum absolute atomic E-state index is 13.3. The van der Waals surface area contributed by atoms with Crippen molar-refractivity contribution in [2.24, 2.45) is 23.2 Å². The zero-order valence-electron chi connectivity index (χ0n) is 11.7. The standard InChI is InChI=1S/C13H18F2O6S/c14-13(15,22(18,19)20)11(17)21-10-8-1-7-2-9(10)5-12(3-7,4-8)6-16/h7-10,16H,1-6H2,(H,18,19,20). The van der Waals surface area contributed by atoms with Crippen molar-refractivity contribution >= 4 is 16.1 Å². The molecule has 9 heteroatoms. The Hall–Kier alpha value is -0.800.